The van der Waals surface area contributed by atoms with Crippen LogP contribution < -0.4 is 4.89 Å². The van der Waals surface area contributed by atoms with E-state index in [0.29, 0.717) is 17.4 Å². The van der Waals surface area contributed by atoms with Gasteiger partial charge in [0.2, 0.25) is 0 Å². The molecule has 0 aromatic carbocycles. The minimum Gasteiger partial charge on any atom is -0.756 e. The monoisotopic (exact) mass is 826 g/mol. The Labute approximate surface area is 351 Å². The van der Waals surface area contributed by atoms with Crippen LogP contribution in [0.1, 0.15) is 200 Å². The Morgan fingerprint density at radius 1 is 0.544 bits per heavy atom. The Balaban J connectivity index is 4.22. The second-order valence-corrected chi connectivity index (χ2v) is 18.2. The molecule has 57 heavy (non-hydrogen) atoms. The zero-order valence-electron chi connectivity index (χ0n) is 37.5. The summed E-state index contributed by atoms with van der Waals surface area (Å²) in [5.74, 6) is -0.847. The first-order valence-electron chi connectivity index (χ1n) is 23.2. The number of carbonyl (C=O) groups excluding carboxylic acids is 2. The van der Waals surface area contributed by atoms with Crippen LogP contribution >= 0.6 is 7.82 Å². The topological polar surface area (TPSA) is 111 Å². The Bertz CT molecular complexity index is 1070. The molecule has 0 bridgehead atoms. The van der Waals surface area contributed by atoms with Gasteiger partial charge in [0, 0.05) is 12.8 Å². The average Bonchev–Trinajstić information content (AvgIpc) is 3.16. The second-order valence-electron chi connectivity index (χ2n) is 16.8. The van der Waals surface area contributed by atoms with Gasteiger partial charge in [0.25, 0.3) is 7.82 Å². The molecule has 2 unspecified atom stereocenters. The molecular formula is C47H88NO8P. The molecule has 0 spiro atoms. The van der Waals surface area contributed by atoms with Gasteiger partial charge in [-0.3, -0.25) is 14.2 Å². The van der Waals surface area contributed by atoms with Crippen LogP contribution in [-0.2, 0) is 32.7 Å². The summed E-state index contributed by atoms with van der Waals surface area (Å²) in [6.07, 6.45) is 44.7. The molecule has 0 aromatic heterocycles. The van der Waals surface area contributed by atoms with Crippen LogP contribution in [0.3, 0.4) is 0 Å². The largest absolute Gasteiger partial charge is 0.756 e. The first-order valence-corrected chi connectivity index (χ1v) is 24.7. The van der Waals surface area contributed by atoms with Gasteiger partial charge in [0.15, 0.2) is 6.10 Å². The fourth-order valence-corrected chi connectivity index (χ4v) is 6.95. The van der Waals surface area contributed by atoms with E-state index in [1.54, 1.807) is 0 Å². The Kier molecular flexibility index (Phi) is 38.4. The standard InChI is InChI=1S/C47H88NO8P/c1-6-8-10-12-14-16-18-19-20-21-22-23-24-25-26-27-28-29-30-32-34-36-38-40-47(50)56-45(44-55-57(51,52)54-42-41-48(3,4)5)43-53-46(49)39-37-35-33-31-17-15-13-11-9-7-2/h11,13,18-19,21-22,45H,6-10,12,14-17,20,23-44H2,1-5H3/b13-11-,19-18-,22-21-. The van der Waals surface area contributed by atoms with E-state index >= 15 is 0 Å². The highest BCUT2D eigenvalue weighted by Crippen LogP contribution is 2.38. The average molecular weight is 826 g/mol. The second kappa shape index (κ2) is 39.7. The van der Waals surface area contributed by atoms with Crippen LogP contribution in [0.25, 0.3) is 0 Å². The summed E-state index contributed by atoms with van der Waals surface area (Å²) in [6.45, 7) is 4.15. The molecule has 0 aliphatic heterocycles. The fraction of sp³-hybridized carbons (Fsp3) is 0.830. The summed E-state index contributed by atoms with van der Waals surface area (Å²) in [7, 11) is 1.16. The number of carbonyl (C=O) groups is 2. The molecule has 0 saturated carbocycles. The molecule has 0 amide bonds. The summed E-state index contributed by atoms with van der Waals surface area (Å²) >= 11 is 0. The normalized spacial score (nSPS) is 13.9. The first-order chi connectivity index (χ1) is 27.5. The number of phosphoric ester groups is 1. The van der Waals surface area contributed by atoms with E-state index in [-0.39, 0.29) is 26.1 Å². The van der Waals surface area contributed by atoms with Crippen molar-refractivity contribution in [2.45, 2.75) is 206 Å². The van der Waals surface area contributed by atoms with Crippen molar-refractivity contribution >= 4 is 19.8 Å². The van der Waals surface area contributed by atoms with Gasteiger partial charge in [-0.05, 0) is 64.2 Å². The van der Waals surface area contributed by atoms with Crippen LogP contribution in [0.4, 0.5) is 0 Å². The highest BCUT2D eigenvalue weighted by molar-refractivity contribution is 7.45. The van der Waals surface area contributed by atoms with Crippen LogP contribution in [0.5, 0.6) is 0 Å². The van der Waals surface area contributed by atoms with E-state index in [4.69, 9.17) is 18.5 Å². The van der Waals surface area contributed by atoms with Gasteiger partial charge in [0.1, 0.15) is 19.8 Å². The lowest BCUT2D eigenvalue weighted by Gasteiger charge is -2.28. The number of hydrogen-bond acceptors (Lipinski definition) is 8. The highest BCUT2D eigenvalue weighted by Gasteiger charge is 2.21. The van der Waals surface area contributed by atoms with Crippen molar-refractivity contribution in [1.82, 2.24) is 0 Å². The molecular weight excluding hydrogens is 737 g/mol. The number of phosphoric acid groups is 1. The van der Waals surface area contributed by atoms with Gasteiger partial charge in [-0.25, -0.2) is 0 Å². The Hall–Kier alpha value is -1.77. The number of quaternary nitrogens is 1. The van der Waals surface area contributed by atoms with Gasteiger partial charge in [-0.15, -0.1) is 0 Å². The van der Waals surface area contributed by atoms with E-state index < -0.39 is 32.5 Å². The summed E-state index contributed by atoms with van der Waals surface area (Å²) in [5.41, 5.74) is 0. The highest BCUT2D eigenvalue weighted by atomic mass is 31.2. The van der Waals surface area contributed by atoms with Crippen molar-refractivity contribution < 1.29 is 42.1 Å². The quantitative estimate of drug-likeness (QED) is 0.0197. The maximum Gasteiger partial charge on any atom is 0.306 e. The lowest BCUT2D eigenvalue weighted by atomic mass is 10.0. The van der Waals surface area contributed by atoms with Crippen LogP contribution in [0.2, 0.25) is 0 Å². The number of hydrogen-bond donors (Lipinski definition) is 0. The summed E-state index contributed by atoms with van der Waals surface area (Å²) in [6, 6.07) is 0. The Morgan fingerprint density at radius 2 is 0.982 bits per heavy atom. The molecule has 0 radical (unpaired) electrons. The maximum atomic E-state index is 12.7. The predicted molar refractivity (Wildman–Crippen MR) is 236 cm³/mol. The van der Waals surface area contributed by atoms with Crippen LogP contribution in [-0.4, -0.2) is 70.0 Å². The van der Waals surface area contributed by atoms with E-state index in [1.807, 2.05) is 21.1 Å². The van der Waals surface area contributed by atoms with E-state index in [0.717, 1.165) is 70.6 Å². The minimum absolute atomic E-state index is 0.0325. The number of nitrogens with zero attached hydrogens (tertiary/aromatic N) is 1. The molecule has 0 aliphatic carbocycles. The van der Waals surface area contributed by atoms with Crippen molar-refractivity contribution in [3.63, 3.8) is 0 Å². The van der Waals surface area contributed by atoms with Crippen LogP contribution in [0, 0.1) is 0 Å². The molecule has 0 aliphatic rings. The SMILES string of the molecule is CCC/C=C\CCCCCCCC(=O)OCC(COP(=O)([O-])OCC[N+](C)(C)C)OC(=O)CCCCCCCCCCCCC/C=C\C/C=C\CCCCCCC. The van der Waals surface area contributed by atoms with Crippen molar-refractivity contribution in [2.24, 2.45) is 0 Å². The van der Waals surface area contributed by atoms with Gasteiger partial charge < -0.3 is 27.9 Å². The third-order valence-corrected chi connectivity index (χ3v) is 10.8. The third-order valence-electron chi connectivity index (χ3n) is 9.86. The molecule has 9 nitrogen and oxygen atoms in total. The fourth-order valence-electron chi connectivity index (χ4n) is 6.22. The van der Waals surface area contributed by atoms with E-state index in [2.05, 4.69) is 50.3 Å². The van der Waals surface area contributed by atoms with Crippen molar-refractivity contribution in [1.29, 1.82) is 0 Å². The van der Waals surface area contributed by atoms with Crippen molar-refractivity contribution in [3.8, 4) is 0 Å². The Morgan fingerprint density at radius 3 is 1.47 bits per heavy atom. The smallest absolute Gasteiger partial charge is 0.306 e. The lowest BCUT2D eigenvalue weighted by Crippen LogP contribution is -2.37. The number of esters is 2. The minimum atomic E-state index is -4.62. The summed E-state index contributed by atoms with van der Waals surface area (Å²) < 4.78 is 33.9. The summed E-state index contributed by atoms with van der Waals surface area (Å²) in [5, 5.41) is 0. The molecule has 0 heterocycles. The van der Waals surface area contributed by atoms with Crippen molar-refractivity contribution in [2.75, 3.05) is 47.5 Å². The van der Waals surface area contributed by atoms with Gasteiger partial charge in [-0.1, -0.05) is 159 Å². The molecule has 0 rings (SSSR count). The predicted octanol–water partition coefficient (Wildman–Crippen LogP) is 12.7. The van der Waals surface area contributed by atoms with E-state index in [9.17, 15) is 19.0 Å². The number of likely N-dealkylation sites (N-methyl/N-ethyl adjacent to an activating group) is 1. The third kappa shape index (κ3) is 43.6. The molecule has 0 aromatic rings. The number of unbranched alkanes of at least 4 members (excludes halogenated alkanes) is 22. The van der Waals surface area contributed by atoms with Gasteiger partial charge >= 0.3 is 11.9 Å². The lowest BCUT2D eigenvalue weighted by molar-refractivity contribution is -0.870. The maximum absolute atomic E-state index is 12.7. The number of ether oxygens (including phenoxy) is 2. The molecule has 0 fully saturated rings. The first kappa shape index (κ1) is 55.2. The molecule has 0 saturated heterocycles. The molecule has 334 valence electrons. The number of rotatable bonds is 42. The summed E-state index contributed by atoms with van der Waals surface area (Å²) in [4.78, 5) is 37.5. The molecule has 10 heteroatoms. The van der Waals surface area contributed by atoms with Gasteiger partial charge in [-0.2, -0.15) is 0 Å². The van der Waals surface area contributed by atoms with Crippen LogP contribution in [0.15, 0.2) is 36.5 Å². The molecule has 0 N–H and O–H groups in total. The zero-order valence-corrected chi connectivity index (χ0v) is 38.4. The number of allylic oxidation sites excluding steroid dienone is 6. The van der Waals surface area contributed by atoms with Crippen molar-refractivity contribution in [3.05, 3.63) is 36.5 Å². The van der Waals surface area contributed by atoms with Gasteiger partial charge in [0.05, 0.1) is 27.7 Å². The van der Waals surface area contributed by atoms with E-state index in [1.165, 1.54) is 96.3 Å². The molecule has 2 atom stereocenters. The zero-order chi connectivity index (χ0) is 42.1.